The van der Waals surface area contributed by atoms with Gasteiger partial charge in [0.25, 0.3) is 0 Å². The maximum Gasteiger partial charge on any atom is 0.217 e. The molecule has 1 aromatic carbocycles. The number of nitrogens with two attached hydrogens (primary N) is 2. The molecular formula is C13H18N2O2. The zero-order chi connectivity index (χ0) is 12.7. The summed E-state index contributed by atoms with van der Waals surface area (Å²) in [7, 11) is 0. The topological polar surface area (TPSA) is 78.3 Å². The molecule has 17 heavy (non-hydrogen) atoms. The lowest BCUT2D eigenvalue weighted by Gasteiger charge is -2.06. The fraction of sp³-hybridized carbons (Fsp3) is 0.308. The molecule has 0 fully saturated rings. The summed E-state index contributed by atoms with van der Waals surface area (Å²) in [5.74, 6) is 5.41. The standard InChI is InChI=1S/C13H18N2O2/c1-10(4-2-3-5-13(14)16)11-6-8-12(17-15)9-7-11/h6-9H,1-5,15H2,(H2,14,16). The molecule has 0 atom stereocenters. The Labute approximate surface area is 101 Å². The normalized spacial score (nSPS) is 9.94. The van der Waals surface area contributed by atoms with Crippen molar-refractivity contribution in [3.8, 4) is 5.75 Å². The van der Waals surface area contributed by atoms with Crippen LogP contribution in [0.5, 0.6) is 5.75 Å². The quantitative estimate of drug-likeness (QED) is 0.559. The number of primary amides is 1. The van der Waals surface area contributed by atoms with E-state index in [1.54, 1.807) is 12.1 Å². The highest BCUT2D eigenvalue weighted by Gasteiger charge is 2.01. The van der Waals surface area contributed by atoms with E-state index >= 15 is 0 Å². The predicted molar refractivity (Wildman–Crippen MR) is 68.0 cm³/mol. The summed E-state index contributed by atoms with van der Waals surface area (Å²) < 4.78 is 0. The van der Waals surface area contributed by atoms with E-state index in [-0.39, 0.29) is 5.91 Å². The van der Waals surface area contributed by atoms with Crippen molar-refractivity contribution in [3.05, 3.63) is 36.4 Å². The van der Waals surface area contributed by atoms with E-state index in [1.807, 2.05) is 12.1 Å². The van der Waals surface area contributed by atoms with Crippen LogP contribution >= 0.6 is 0 Å². The second-order valence-corrected chi connectivity index (χ2v) is 3.92. The summed E-state index contributed by atoms with van der Waals surface area (Å²) in [6, 6.07) is 7.42. The molecular weight excluding hydrogens is 216 g/mol. The molecule has 0 aliphatic rings. The molecule has 4 nitrogen and oxygen atoms in total. The first kappa shape index (κ1) is 13.3. The minimum absolute atomic E-state index is 0.250. The zero-order valence-corrected chi connectivity index (χ0v) is 9.82. The Kier molecular flexibility index (Phi) is 5.23. The van der Waals surface area contributed by atoms with Crippen LogP contribution in [-0.4, -0.2) is 5.91 Å². The third-order valence-electron chi connectivity index (χ3n) is 2.55. The van der Waals surface area contributed by atoms with Gasteiger partial charge < -0.3 is 10.6 Å². The maximum atomic E-state index is 10.6. The summed E-state index contributed by atoms with van der Waals surface area (Å²) >= 11 is 0. The molecule has 1 rings (SSSR count). The summed E-state index contributed by atoms with van der Waals surface area (Å²) in [6.45, 7) is 4.01. The smallest absolute Gasteiger partial charge is 0.217 e. The number of carbonyl (C=O) groups excluding carboxylic acids is 1. The number of hydrogen-bond donors (Lipinski definition) is 2. The van der Waals surface area contributed by atoms with Crippen molar-refractivity contribution in [2.45, 2.75) is 25.7 Å². The molecule has 92 valence electrons. The van der Waals surface area contributed by atoms with Crippen LogP contribution in [0.2, 0.25) is 0 Å². The number of rotatable bonds is 7. The molecule has 0 saturated carbocycles. The van der Waals surface area contributed by atoms with Crippen LogP contribution in [0.1, 0.15) is 31.2 Å². The van der Waals surface area contributed by atoms with Crippen molar-refractivity contribution in [3.63, 3.8) is 0 Å². The number of carbonyl (C=O) groups is 1. The first-order chi connectivity index (χ1) is 8.13. The number of unbranched alkanes of at least 4 members (excludes halogenated alkanes) is 1. The molecule has 0 radical (unpaired) electrons. The van der Waals surface area contributed by atoms with Gasteiger partial charge in [0.2, 0.25) is 5.91 Å². The van der Waals surface area contributed by atoms with Crippen molar-refractivity contribution in [1.82, 2.24) is 0 Å². The van der Waals surface area contributed by atoms with E-state index in [4.69, 9.17) is 11.6 Å². The summed E-state index contributed by atoms with van der Waals surface area (Å²) in [4.78, 5) is 15.2. The highest BCUT2D eigenvalue weighted by molar-refractivity contribution is 5.73. The SMILES string of the molecule is C=C(CCCCC(N)=O)c1ccc(ON)cc1. The van der Waals surface area contributed by atoms with Crippen molar-refractivity contribution in [1.29, 1.82) is 0 Å². The van der Waals surface area contributed by atoms with Gasteiger partial charge in [-0.2, -0.15) is 5.90 Å². The Morgan fingerprint density at radius 2 is 1.76 bits per heavy atom. The lowest BCUT2D eigenvalue weighted by Crippen LogP contribution is -2.09. The molecule has 0 aromatic heterocycles. The Morgan fingerprint density at radius 3 is 2.29 bits per heavy atom. The van der Waals surface area contributed by atoms with Gasteiger partial charge in [-0.05, 0) is 42.5 Å². The van der Waals surface area contributed by atoms with Crippen LogP contribution in [-0.2, 0) is 4.79 Å². The van der Waals surface area contributed by atoms with Crippen molar-refractivity contribution in [2.75, 3.05) is 0 Å². The third kappa shape index (κ3) is 4.70. The maximum absolute atomic E-state index is 10.6. The molecule has 0 bridgehead atoms. The minimum Gasteiger partial charge on any atom is -0.412 e. The van der Waals surface area contributed by atoms with Crippen LogP contribution in [0, 0.1) is 0 Å². The van der Waals surface area contributed by atoms with Gasteiger partial charge in [-0.3, -0.25) is 4.79 Å². The third-order valence-corrected chi connectivity index (χ3v) is 2.55. The molecule has 0 heterocycles. The second-order valence-electron chi connectivity index (χ2n) is 3.92. The Balaban J connectivity index is 2.38. The van der Waals surface area contributed by atoms with Gasteiger partial charge in [0.15, 0.2) is 0 Å². The van der Waals surface area contributed by atoms with E-state index in [9.17, 15) is 4.79 Å². The van der Waals surface area contributed by atoms with Crippen molar-refractivity contribution < 1.29 is 9.63 Å². The van der Waals surface area contributed by atoms with E-state index in [2.05, 4.69) is 11.4 Å². The van der Waals surface area contributed by atoms with Crippen LogP contribution in [0.25, 0.3) is 5.57 Å². The van der Waals surface area contributed by atoms with Crippen LogP contribution < -0.4 is 16.5 Å². The Morgan fingerprint density at radius 1 is 1.18 bits per heavy atom. The largest absolute Gasteiger partial charge is 0.412 e. The Bertz CT molecular complexity index is 385. The van der Waals surface area contributed by atoms with Gasteiger partial charge in [0.1, 0.15) is 5.75 Å². The number of allylic oxidation sites excluding steroid dienone is 1. The molecule has 0 aliphatic heterocycles. The number of amides is 1. The van der Waals surface area contributed by atoms with Gasteiger partial charge in [0.05, 0.1) is 0 Å². The van der Waals surface area contributed by atoms with Gasteiger partial charge in [-0.15, -0.1) is 0 Å². The summed E-state index contributed by atoms with van der Waals surface area (Å²) in [6.07, 6.45) is 3.01. The number of hydrogen-bond acceptors (Lipinski definition) is 3. The molecule has 1 aromatic rings. The average molecular weight is 234 g/mol. The minimum atomic E-state index is -0.250. The molecule has 0 aliphatic carbocycles. The zero-order valence-electron chi connectivity index (χ0n) is 9.82. The molecule has 0 unspecified atom stereocenters. The van der Waals surface area contributed by atoms with Crippen molar-refractivity contribution >= 4 is 11.5 Å². The highest BCUT2D eigenvalue weighted by Crippen LogP contribution is 2.21. The first-order valence-corrected chi connectivity index (χ1v) is 5.56. The molecule has 4 heteroatoms. The summed E-state index contributed by atoms with van der Waals surface area (Å²) in [5, 5.41) is 0. The van der Waals surface area contributed by atoms with Gasteiger partial charge in [-0.1, -0.05) is 18.7 Å². The van der Waals surface area contributed by atoms with Crippen LogP contribution in [0.4, 0.5) is 0 Å². The molecule has 0 spiro atoms. The summed E-state index contributed by atoms with van der Waals surface area (Å²) in [5.41, 5.74) is 7.17. The second kappa shape index (κ2) is 6.70. The van der Waals surface area contributed by atoms with Crippen LogP contribution in [0.3, 0.4) is 0 Å². The average Bonchev–Trinajstić information content (AvgIpc) is 2.34. The molecule has 0 saturated heterocycles. The lowest BCUT2D eigenvalue weighted by atomic mass is 10.0. The first-order valence-electron chi connectivity index (χ1n) is 5.56. The monoisotopic (exact) mass is 234 g/mol. The van der Waals surface area contributed by atoms with Gasteiger partial charge >= 0.3 is 0 Å². The number of benzene rings is 1. The van der Waals surface area contributed by atoms with Crippen LogP contribution in [0.15, 0.2) is 30.8 Å². The van der Waals surface area contributed by atoms with Crippen molar-refractivity contribution in [2.24, 2.45) is 11.6 Å². The molecule has 4 N–H and O–H groups in total. The van der Waals surface area contributed by atoms with E-state index in [0.29, 0.717) is 12.2 Å². The highest BCUT2D eigenvalue weighted by atomic mass is 16.6. The molecule has 1 amide bonds. The fourth-order valence-electron chi connectivity index (χ4n) is 1.55. The van der Waals surface area contributed by atoms with E-state index < -0.39 is 0 Å². The van der Waals surface area contributed by atoms with Gasteiger partial charge in [0, 0.05) is 6.42 Å². The van der Waals surface area contributed by atoms with Gasteiger partial charge in [-0.25, -0.2) is 0 Å². The Hall–Kier alpha value is -1.81. The lowest BCUT2D eigenvalue weighted by molar-refractivity contribution is -0.118. The van der Waals surface area contributed by atoms with E-state index in [0.717, 1.165) is 30.4 Å². The fourth-order valence-corrected chi connectivity index (χ4v) is 1.55. The van der Waals surface area contributed by atoms with E-state index in [1.165, 1.54) is 0 Å². The predicted octanol–water partition coefficient (Wildman–Crippen LogP) is 2.00.